The second-order valence-corrected chi connectivity index (χ2v) is 7.99. The molecule has 0 spiro atoms. The van der Waals surface area contributed by atoms with Gasteiger partial charge in [-0.15, -0.1) is 0 Å². The minimum Gasteiger partial charge on any atom is -0.342 e. The van der Waals surface area contributed by atoms with E-state index in [1.165, 1.54) is 11.0 Å². The fourth-order valence-electron chi connectivity index (χ4n) is 1.80. The van der Waals surface area contributed by atoms with Gasteiger partial charge in [-0.25, -0.2) is 8.42 Å². The third-order valence-electron chi connectivity index (χ3n) is 2.94. The number of amides is 1. The van der Waals surface area contributed by atoms with Gasteiger partial charge in [0.2, 0.25) is 0 Å². The van der Waals surface area contributed by atoms with E-state index in [9.17, 15) is 13.2 Å². The molecule has 0 aliphatic carbocycles. The quantitative estimate of drug-likeness (QED) is 0.556. The molecule has 0 atom stereocenters. The summed E-state index contributed by atoms with van der Waals surface area (Å²) in [6.07, 6.45) is 2.90. The molecule has 0 aliphatic rings. The Morgan fingerprint density at radius 1 is 1.24 bits per heavy atom. The van der Waals surface area contributed by atoms with Crippen LogP contribution in [0.4, 0.5) is 0 Å². The molecule has 118 valence electrons. The lowest BCUT2D eigenvalue weighted by Gasteiger charge is -2.18. The van der Waals surface area contributed by atoms with Gasteiger partial charge in [-0.2, -0.15) is 0 Å². The first-order valence-corrected chi connectivity index (χ1v) is 9.44. The summed E-state index contributed by atoms with van der Waals surface area (Å²) in [5.74, 6) is -0.389. The summed E-state index contributed by atoms with van der Waals surface area (Å²) in [4.78, 5) is 13.5. The minimum absolute atomic E-state index is 0.0300. The van der Waals surface area contributed by atoms with Gasteiger partial charge in [-0.3, -0.25) is 4.79 Å². The van der Waals surface area contributed by atoms with Crippen LogP contribution in [0.2, 0.25) is 10.0 Å². The highest BCUT2D eigenvalue weighted by Crippen LogP contribution is 2.32. The zero-order valence-electron chi connectivity index (χ0n) is 11.7. The third kappa shape index (κ3) is 5.02. The Morgan fingerprint density at radius 3 is 2.38 bits per heavy atom. The number of unbranched alkanes of at least 4 members (excludes halogenated alkanes) is 2. The standard InChI is InChI=1S/C13H16Cl3NO3S/c1-3-4-5-6-17(2)13(18)10-7-9(14)8-11(12(10)15)21(16,19)20/h7-8H,3-6H2,1-2H3. The fraction of sp³-hybridized carbons (Fsp3) is 0.462. The molecule has 0 aliphatic heterocycles. The monoisotopic (exact) mass is 371 g/mol. The van der Waals surface area contributed by atoms with E-state index in [-0.39, 0.29) is 26.4 Å². The number of halogens is 3. The Morgan fingerprint density at radius 2 is 1.86 bits per heavy atom. The molecule has 1 amide bonds. The van der Waals surface area contributed by atoms with Crippen molar-refractivity contribution in [1.29, 1.82) is 0 Å². The van der Waals surface area contributed by atoms with E-state index in [2.05, 4.69) is 6.92 Å². The predicted molar refractivity (Wildman–Crippen MR) is 86.0 cm³/mol. The average Bonchev–Trinajstić information content (AvgIpc) is 2.39. The molecule has 0 heterocycles. The van der Waals surface area contributed by atoms with Crippen LogP contribution in [-0.4, -0.2) is 32.8 Å². The largest absolute Gasteiger partial charge is 0.342 e. The second-order valence-electron chi connectivity index (χ2n) is 4.64. The van der Waals surface area contributed by atoms with Crippen LogP contribution in [-0.2, 0) is 9.05 Å². The zero-order valence-corrected chi connectivity index (χ0v) is 14.8. The molecule has 0 fully saturated rings. The van der Waals surface area contributed by atoms with Gasteiger partial charge in [-0.05, 0) is 18.6 Å². The van der Waals surface area contributed by atoms with Crippen LogP contribution < -0.4 is 0 Å². The molecule has 0 N–H and O–H groups in total. The second kappa shape index (κ2) is 7.68. The van der Waals surface area contributed by atoms with Crippen LogP contribution in [0.15, 0.2) is 17.0 Å². The van der Waals surface area contributed by atoms with Gasteiger partial charge in [0.05, 0.1) is 10.6 Å². The molecule has 1 aromatic carbocycles. The molecule has 0 bridgehead atoms. The normalized spacial score (nSPS) is 11.5. The SMILES string of the molecule is CCCCCN(C)C(=O)c1cc(Cl)cc(S(=O)(=O)Cl)c1Cl. The van der Waals surface area contributed by atoms with E-state index in [0.717, 1.165) is 25.3 Å². The Balaban J connectivity index is 3.13. The molecule has 0 saturated carbocycles. The smallest absolute Gasteiger partial charge is 0.262 e. The Hall–Kier alpha value is -0.490. The molecule has 1 aromatic rings. The summed E-state index contributed by atoms with van der Waals surface area (Å²) in [7, 11) is 2.85. The summed E-state index contributed by atoms with van der Waals surface area (Å²) in [5, 5.41) is -0.120. The van der Waals surface area contributed by atoms with Crippen molar-refractivity contribution < 1.29 is 13.2 Å². The molecule has 0 aromatic heterocycles. The number of rotatable bonds is 6. The Kier molecular flexibility index (Phi) is 6.78. The minimum atomic E-state index is -4.07. The number of carbonyl (C=O) groups is 1. The molecular formula is C13H16Cl3NO3S. The Bertz CT molecular complexity index is 632. The lowest BCUT2D eigenvalue weighted by Crippen LogP contribution is -2.28. The lowest BCUT2D eigenvalue weighted by atomic mass is 10.2. The van der Waals surface area contributed by atoms with Crippen LogP contribution in [0, 0.1) is 0 Å². The average molecular weight is 373 g/mol. The fourth-order valence-corrected chi connectivity index (χ4v) is 3.66. The van der Waals surface area contributed by atoms with Crippen LogP contribution in [0.3, 0.4) is 0 Å². The maximum Gasteiger partial charge on any atom is 0.262 e. The third-order valence-corrected chi connectivity index (χ3v) is 5.02. The van der Waals surface area contributed by atoms with Crippen molar-refractivity contribution in [2.75, 3.05) is 13.6 Å². The summed E-state index contributed by atoms with van der Waals surface area (Å²) < 4.78 is 22.9. The van der Waals surface area contributed by atoms with Gasteiger partial charge in [0, 0.05) is 29.3 Å². The topological polar surface area (TPSA) is 54.5 Å². The number of hydrogen-bond acceptors (Lipinski definition) is 3. The summed E-state index contributed by atoms with van der Waals surface area (Å²) in [5.41, 5.74) is 0.0300. The van der Waals surface area contributed by atoms with E-state index in [4.69, 9.17) is 33.9 Å². The van der Waals surface area contributed by atoms with Crippen molar-refractivity contribution >= 4 is 48.8 Å². The van der Waals surface area contributed by atoms with E-state index >= 15 is 0 Å². The number of nitrogens with zero attached hydrogens (tertiary/aromatic N) is 1. The van der Waals surface area contributed by atoms with Gasteiger partial charge in [-0.1, -0.05) is 43.0 Å². The van der Waals surface area contributed by atoms with Crippen molar-refractivity contribution in [2.24, 2.45) is 0 Å². The maximum atomic E-state index is 12.3. The molecule has 21 heavy (non-hydrogen) atoms. The van der Waals surface area contributed by atoms with Gasteiger partial charge in [0.1, 0.15) is 4.90 Å². The van der Waals surface area contributed by atoms with Crippen molar-refractivity contribution in [3.63, 3.8) is 0 Å². The van der Waals surface area contributed by atoms with Crippen LogP contribution in [0.5, 0.6) is 0 Å². The first-order valence-electron chi connectivity index (χ1n) is 6.37. The van der Waals surface area contributed by atoms with Gasteiger partial charge in [0.25, 0.3) is 15.0 Å². The summed E-state index contributed by atoms with van der Waals surface area (Å²) >= 11 is 11.8. The van der Waals surface area contributed by atoms with Gasteiger partial charge < -0.3 is 4.90 Å². The van der Waals surface area contributed by atoms with Gasteiger partial charge in [0.15, 0.2) is 0 Å². The predicted octanol–water partition coefficient (Wildman–Crippen LogP) is 4.18. The van der Waals surface area contributed by atoms with E-state index in [1.807, 2.05) is 0 Å². The molecule has 4 nitrogen and oxygen atoms in total. The molecule has 0 unspecified atom stereocenters. The van der Waals surface area contributed by atoms with E-state index < -0.39 is 9.05 Å². The lowest BCUT2D eigenvalue weighted by molar-refractivity contribution is 0.0792. The van der Waals surface area contributed by atoms with Gasteiger partial charge >= 0.3 is 0 Å². The molecule has 1 rings (SSSR count). The molecule has 8 heteroatoms. The van der Waals surface area contributed by atoms with Crippen LogP contribution in [0.25, 0.3) is 0 Å². The first-order chi connectivity index (χ1) is 9.68. The van der Waals surface area contributed by atoms with Crippen molar-refractivity contribution in [3.8, 4) is 0 Å². The molecule has 0 radical (unpaired) electrons. The van der Waals surface area contributed by atoms with Crippen LogP contribution >= 0.6 is 33.9 Å². The maximum absolute atomic E-state index is 12.3. The van der Waals surface area contributed by atoms with Crippen LogP contribution in [0.1, 0.15) is 36.5 Å². The zero-order chi connectivity index (χ0) is 16.2. The highest BCUT2D eigenvalue weighted by molar-refractivity contribution is 8.13. The van der Waals surface area contributed by atoms with E-state index in [1.54, 1.807) is 7.05 Å². The summed E-state index contributed by atoms with van der Waals surface area (Å²) in [6.45, 7) is 2.62. The van der Waals surface area contributed by atoms with Crippen molar-refractivity contribution in [1.82, 2.24) is 4.90 Å². The highest BCUT2D eigenvalue weighted by Gasteiger charge is 2.23. The highest BCUT2D eigenvalue weighted by atomic mass is 35.7. The molecule has 0 saturated heterocycles. The summed E-state index contributed by atoms with van der Waals surface area (Å²) in [6, 6.07) is 2.47. The number of carbonyl (C=O) groups excluding carboxylic acids is 1. The number of benzene rings is 1. The Labute approximate surface area is 139 Å². The van der Waals surface area contributed by atoms with Crippen molar-refractivity contribution in [2.45, 2.75) is 31.1 Å². The number of hydrogen-bond donors (Lipinski definition) is 0. The molecular weight excluding hydrogens is 357 g/mol. The van der Waals surface area contributed by atoms with E-state index in [0.29, 0.717) is 6.54 Å². The van der Waals surface area contributed by atoms with Crippen molar-refractivity contribution in [3.05, 3.63) is 27.7 Å². The first kappa shape index (κ1) is 18.6.